The summed E-state index contributed by atoms with van der Waals surface area (Å²) in [5.41, 5.74) is 0.478. The van der Waals surface area contributed by atoms with E-state index in [-0.39, 0.29) is 5.97 Å². The van der Waals surface area contributed by atoms with Crippen molar-refractivity contribution in [2.75, 3.05) is 0 Å². The van der Waals surface area contributed by atoms with Gasteiger partial charge in [-0.3, -0.25) is 0 Å². The van der Waals surface area contributed by atoms with Gasteiger partial charge in [0.25, 0.3) is 0 Å². The number of esters is 1. The van der Waals surface area contributed by atoms with Gasteiger partial charge in [0.05, 0.1) is 0 Å². The van der Waals surface area contributed by atoms with Crippen LogP contribution in [-0.4, -0.2) is 11.9 Å². The smallest absolute Gasteiger partial charge is 0.363 e. The first kappa shape index (κ1) is 12.9. The maximum atomic E-state index is 11.2. The van der Waals surface area contributed by atoms with Crippen LogP contribution in [0.3, 0.4) is 0 Å². The third-order valence-electron chi connectivity index (χ3n) is 2.62. The lowest BCUT2D eigenvalue weighted by Gasteiger charge is -1.97. The zero-order chi connectivity index (χ0) is 11.8. The zero-order valence-corrected chi connectivity index (χ0v) is 10.3. The molecule has 3 heteroatoms. The van der Waals surface area contributed by atoms with E-state index in [1.807, 2.05) is 6.08 Å². The second-order valence-electron chi connectivity index (χ2n) is 4.17. The Labute approximate surface area is 97.6 Å². The van der Waals surface area contributed by atoms with Gasteiger partial charge in [0.15, 0.2) is 5.90 Å². The lowest BCUT2D eigenvalue weighted by molar-refractivity contribution is -0.130. The Morgan fingerprint density at radius 3 is 2.50 bits per heavy atom. The summed E-state index contributed by atoms with van der Waals surface area (Å²) < 4.78 is 4.83. The number of hydrogen-bond acceptors (Lipinski definition) is 3. The fourth-order valence-corrected chi connectivity index (χ4v) is 1.72. The minimum atomic E-state index is -0.302. The largest absolute Gasteiger partial charge is 0.407 e. The van der Waals surface area contributed by atoms with Crippen LogP contribution in [0.4, 0.5) is 0 Å². The van der Waals surface area contributed by atoms with Crippen molar-refractivity contribution >= 4 is 11.9 Å². The summed E-state index contributed by atoms with van der Waals surface area (Å²) in [7, 11) is 0. The summed E-state index contributed by atoms with van der Waals surface area (Å²) in [6, 6.07) is 0. The summed E-state index contributed by atoms with van der Waals surface area (Å²) in [6.07, 6.45) is 10.4. The molecule has 0 atom stereocenters. The van der Waals surface area contributed by atoms with E-state index in [1.54, 1.807) is 6.92 Å². The predicted molar refractivity (Wildman–Crippen MR) is 65.3 cm³/mol. The standard InChI is InChI=1S/C13H21NO2/c1-3-4-5-6-7-8-9-10-12-13(15)16-11(2)14-12/h10H,3-9H2,1-2H3/b12-10-. The quantitative estimate of drug-likeness (QED) is 0.376. The van der Waals surface area contributed by atoms with Crippen molar-refractivity contribution in [3.05, 3.63) is 11.8 Å². The van der Waals surface area contributed by atoms with Crippen molar-refractivity contribution in [2.45, 2.75) is 58.8 Å². The maximum absolute atomic E-state index is 11.2. The molecule has 0 bridgehead atoms. The Kier molecular flexibility index (Phi) is 5.83. The average molecular weight is 223 g/mol. The van der Waals surface area contributed by atoms with Crippen molar-refractivity contribution in [2.24, 2.45) is 4.99 Å². The van der Waals surface area contributed by atoms with E-state index in [9.17, 15) is 4.79 Å². The monoisotopic (exact) mass is 223 g/mol. The number of carbonyl (C=O) groups excluding carboxylic acids is 1. The third-order valence-corrected chi connectivity index (χ3v) is 2.62. The van der Waals surface area contributed by atoms with Gasteiger partial charge in [-0.25, -0.2) is 9.79 Å². The molecular weight excluding hydrogens is 202 g/mol. The Morgan fingerprint density at radius 1 is 1.19 bits per heavy atom. The fourth-order valence-electron chi connectivity index (χ4n) is 1.72. The molecular formula is C13H21NO2. The van der Waals surface area contributed by atoms with Gasteiger partial charge in [0, 0.05) is 6.92 Å². The third kappa shape index (κ3) is 4.60. The predicted octanol–water partition coefficient (Wildman–Crippen LogP) is 3.60. The molecule has 0 saturated carbocycles. The number of unbranched alkanes of at least 4 members (excludes halogenated alkanes) is 6. The number of allylic oxidation sites excluding steroid dienone is 1. The van der Waals surface area contributed by atoms with Crippen LogP contribution < -0.4 is 0 Å². The number of rotatable bonds is 7. The fraction of sp³-hybridized carbons (Fsp3) is 0.692. The minimum Gasteiger partial charge on any atom is -0.407 e. The summed E-state index contributed by atoms with van der Waals surface area (Å²) >= 11 is 0. The summed E-state index contributed by atoms with van der Waals surface area (Å²) in [6.45, 7) is 3.92. The van der Waals surface area contributed by atoms with Crippen LogP contribution in [0, 0.1) is 0 Å². The molecule has 0 aromatic carbocycles. The molecule has 1 rings (SSSR count). The van der Waals surface area contributed by atoms with Gasteiger partial charge in [-0.1, -0.05) is 45.1 Å². The molecule has 1 aliphatic heterocycles. The van der Waals surface area contributed by atoms with Gasteiger partial charge in [-0.2, -0.15) is 0 Å². The van der Waals surface area contributed by atoms with Gasteiger partial charge >= 0.3 is 5.97 Å². The van der Waals surface area contributed by atoms with E-state index in [0.717, 1.165) is 12.8 Å². The normalized spacial score (nSPS) is 17.8. The molecule has 0 fully saturated rings. The Balaban J connectivity index is 2.10. The van der Waals surface area contributed by atoms with Crippen LogP contribution in [0.5, 0.6) is 0 Å². The number of hydrogen-bond donors (Lipinski definition) is 0. The lowest BCUT2D eigenvalue weighted by atomic mass is 10.1. The molecule has 1 aliphatic rings. The topological polar surface area (TPSA) is 38.7 Å². The van der Waals surface area contributed by atoms with Crippen LogP contribution in [0.2, 0.25) is 0 Å². The van der Waals surface area contributed by atoms with E-state index < -0.39 is 0 Å². The van der Waals surface area contributed by atoms with Crippen molar-refractivity contribution in [3.8, 4) is 0 Å². The van der Waals surface area contributed by atoms with Crippen LogP contribution >= 0.6 is 0 Å². The molecule has 0 amide bonds. The molecule has 0 saturated heterocycles. The molecule has 0 N–H and O–H groups in total. The van der Waals surface area contributed by atoms with E-state index in [1.165, 1.54) is 32.1 Å². The molecule has 0 aliphatic carbocycles. The van der Waals surface area contributed by atoms with Gasteiger partial charge < -0.3 is 4.74 Å². The first-order valence-electron chi connectivity index (χ1n) is 6.21. The number of cyclic esters (lactones) is 1. The molecule has 0 unspecified atom stereocenters. The van der Waals surface area contributed by atoms with Gasteiger partial charge in [0.1, 0.15) is 5.70 Å². The Hall–Kier alpha value is -1.12. The molecule has 3 nitrogen and oxygen atoms in total. The Bertz CT molecular complexity index is 292. The maximum Gasteiger partial charge on any atom is 0.363 e. The summed E-state index contributed by atoms with van der Waals surface area (Å²) in [5.74, 6) is 0.155. The molecule has 0 aromatic rings. The number of nitrogens with zero attached hydrogens (tertiary/aromatic N) is 1. The zero-order valence-electron chi connectivity index (χ0n) is 10.3. The number of carbonyl (C=O) groups is 1. The van der Waals surface area contributed by atoms with Crippen LogP contribution in [-0.2, 0) is 9.53 Å². The second kappa shape index (κ2) is 7.20. The lowest BCUT2D eigenvalue weighted by Crippen LogP contribution is -1.99. The first-order valence-corrected chi connectivity index (χ1v) is 6.21. The van der Waals surface area contributed by atoms with E-state index in [0.29, 0.717) is 11.6 Å². The molecule has 16 heavy (non-hydrogen) atoms. The van der Waals surface area contributed by atoms with E-state index in [4.69, 9.17) is 4.74 Å². The average Bonchev–Trinajstić information content (AvgIpc) is 2.56. The number of aliphatic imine (C=N–C) groups is 1. The Morgan fingerprint density at radius 2 is 1.88 bits per heavy atom. The molecule has 0 aromatic heterocycles. The van der Waals surface area contributed by atoms with Crippen molar-refractivity contribution < 1.29 is 9.53 Å². The molecule has 1 heterocycles. The molecule has 0 radical (unpaired) electrons. The van der Waals surface area contributed by atoms with Gasteiger partial charge in [-0.15, -0.1) is 0 Å². The highest BCUT2D eigenvalue weighted by molar-refractivity contribution is 6.03. The first-order chi connectivity index (χ1) is 7.74. The van der Waals surface area contributed by atoms with Gasteiger partial charge in [0.2, 0.25) is 0 Å². The highest BCUT2D eigenvalue weighted by Crippen LogP contribution is 2.13. The van der Waals surface area contributed by atoms with Crippen LogP contribution in [0.25, 0.3) is 0 Å². The second-order valence-corrected chi connectivity index (χ2v) is 4.17. The highest BCUT2D eigenvalue weighted by atomic mass is 16.6. The van der Waals surface area contributed by atoms with E-state index >= 15 is 0 Å². The SMILES string of the molecule is CCCCCCCC/C=C1\N=C(C)OC1=O. The molecule has 0 spiro atoms. The van der Waals surface area contributed by atoms with Gasteiger partial charge in [-0.05, 0) is 12.8 Å². The number of ether oxygens (including phenoxy) is 1. The van der Waals surface area contributed by atoms with E-state index in [2.05, 4.69) is 11.9 Å². The summed E-state index contributed by atoms with van der Waals surface area (Å²) in [5, 5.41) is 0. The molecule has 90 valence electrons. The van der Waals surface area contributed by atoms with Crippen molar-refractivity contribution in [1.82, 2.24) is 0 Å². The van der Waals surface area contributed by atoms with Crippen molar-refractivity contribution in [1.29, 1.82) is 0 Å². The summed E-state index contributed by atoms with van der Waals surface area (Å²) in [4.78, 5) is 15.2. The van der Waals surface area contributed by atoms with Crippen LogP contribution in [0.15, 0.2) is 16.8 Å². The van der Waals surface area contributed by atoms with Crippen LogP contribution in [0.1, 0.15) is 58.8 Å². The highest BCUT2D eigenvalue weighted by Gasteiger charge is 2.18. The van der Waals surface area contributed by atoms with Crippen molar-refractivity contribution in [3.63, 3.8) is 0 Å². The minimum absolute atomic E-state index is 0.302.